The van der Waals surface area contributed by atoms with Crippen LogP contribution in [0.2, 0.25) is 5.28 Å². The molecule has 2 heterocycles. The predicted molar refractivity (Wildman–Crippen MR) is 65.1 cm³/mol. The average molecular weight is 256 g/mol. The summed E-state index contributed by atoms with van der Waals surface area (Å²) >= 11 is 6.13. The smallest absolute Gasteiger partial charge is 0.225 e. The van der Waals surface area contributed by atoms with Gasteiger partial charge in [0.15, 0.2) is 0 Å². The molecule has 2 aliphatic rings. The van der Waals surface area contributed by atoms with Crippen LogP contribution in [0.1, 0.15) is 44.3 Å². The number of ether oxygens (including phenoxy) is 1. The lowest BCUT2D eigenvalue weighted by atomic mass is 9.99. The second-order valence-electron chi connectivity index (χ2n) is 5.08. The summed E-state index contributed by atoms with van der Waals surface area (Å²) in [5.74, 6) is 2.24. The van der Waals surface area contributed by atoms with E-state index in [-0.39, 0.29) is 0 Å². The van der Waals surface area contributed by atoms with Crippen molar-refractivity contribution in [3.8, 4) is 0 Å². The molecule has 5 heteroatoms. The van der Waals surface area contributed by atoms with Gasteiger partial charge < -0.3 is 9.30 Å². The molecule has 0 radical (unpaired) electrons. The lowest BCUT2D eigenvalue weighted by molar-refractivity contribution is 0.0833. The van der Waals surface area contributed by atoms with Gasteiger partial charge >= 0.3 is 0 Å². The third-order valence-electron chi connectivity index (χ3n) is 3.84. The third-order valence-corrected chi connectivity index (χ3v) is 4.12. The first-order chi connectivity index (χ1) is 8.29. The molecule has 94 valence electrons. The highest BCUT2D eigenvalue weighted by atomic mass is 35.5. The quantitative estimate of drug-likeness (QED) is 0.830. The fourth-order valence-corrected chi connectivity index (χ4v) is 2.89. The largest absolute Gasteiger partial charge is 0.378 e. The van der Waals surface area contributed by atoms with Crippen molar-refractivity contribution in [1.82, 2.24) is 14.8 Å². The van der Waals surface area contributed by atoms with Gasteiger partial charge in [-0.2, -0.15) is 0 Å². The minimum absolute atomic E-state index is 0.375. The Bertz CT molecular complexity index is 402. The van der Waals surface area contributed by atoms with Crippen molar-refractivity contribution >= 4 is 11.6 Å². The maximum atomic E-state index is 6.13. The number of hydrogen-bond acceptors (Lipinski definition) is 3. The Balaban J connectivity index is 1.77. The van der Waals surface area contributed by atoms with E-state index in [0.29, 0.717) is 23.2 Å². The molecule has 1 aromatic rings. The first-order valence-electron chi connectivity index (χ1n) is 6.49. The summed E-state index contributed by atoms with van der Waals surface area (Å²) in [7, 11) is 0. The fraction of sp³-hybridized carbons (Fsp3) is 0.833. The van der Waals surface area contributed by atoms with Gasteiger partial charge in [-0.1, -0.05) is 6.92 Å². The molecule has 2 atom stereocenters. The van der Waals surface area contributed by atoms with Crippen LogP contribution in [0.25, 0.3) is 0 Å². The summed E-state index contributed by atoms with van der Waals surface area (Å²) in [6, 6.07) is 0. The second-order valence-corrected chi connectivity index (χ2v) is 5.42. The maximum Gasteiger partial charge on any atom is 0.225 e. The van der Waals surface area contributed by atoms with Crippen molar-refractivity contribution in [1.29, 1.82) is 0 Å². The Morgan fingerprint density at radius 3 is 2.88 bits per heavy atom. The van der Waals surface area contributed by atoms with Gasteiger partial charge in [0.05, 0.1) is 6.10 Å². The molecular weight excluding hydrogens is 238 g/mol. The Morgan fingerprint density at radius 2 is 2.18 bits per heavy atom. The van der Waals surface area contributed by atoms with E-state index in [1.807, 2.05) is 0 Å². The van der Waals surface area contributed by atoms with Gasteiger partial charge in [-0.15, -0.1) is 10.2 Å². The van der Waals surface area contributed by atoms with Crippen LogP contribution < -0.4 is 0 Å². The minimum atomic E-state index is 0.375. The SMILES string of the molecule is CCC1OCCC1Cn1c(Cl)nnc1C1CC1. The molecule has 0 bridgehead atoms. The molecule has 0 aromatic carbocycles. The maximum absolute atomic E-state index is 6.13. The Hall–Kier alpha value is -0.610. The van der Waals surface area contributed by atoms with Crippen molar-refractivity contribution < 1.29 is 4.74 Å². The number of rotatable bonds is 4. The molecule has 1 saturated carbocycles. The highest BCUT2D eigenvalue weighted by Crippen LogP contribution is 2.40. The monoisotopic (exact) mass is 255 g/mol. The summed E-state index contributed by atoms with van der Waals surface area (Å²) in [6.45, 7) is 3.97. The molecule has 1 aliphatic heterocycles. The molecule has 0 amide bonds. The van der Waals surface area contributed by atoms with Gasteiger partial charge in [0.2, 0.25) is 5.28 Å². The first kappa shape index (κ1) is 11.5. The molecule has 17 heavy (non-hydrogen) atoms. The number of nitrogens with zero attached hydrogens (tertiary/aromatic N) is 3. The normalized spacial score (nSPS) is 28.8. The Kier molecular flexibility index (Phi) is 3.09. The van der Waals surface area contributed by atoms with Crippen LogP contribution in [0.5, 0.6) is 0 Å². The number of hydrogen-bond donors (Lipinski definition) is 0. The van der Waals surface area contributed by atoms with E-state index in [0.717, 1.165) is 31.8 Å². The van der Waals surface area contributed by atoms with Crippen LogP contribution in [-0.2, 0) is 11.3 Å². The van der Waals surface area contributed by atoms with Gasteiger partial charge in [0, 0.05) is 25.0 Å². The van der Waals surface area contributed by atoms with Crippen LogP contribution in [0, 0.1) is 5.92 Å². The van der Waals surface area contributed by atoms with Gasteiger partial charge in [0.1, 0.15) is 5.82 Å². The van der Waals surface area contributed by atoms with E-state index < -0.39 is 0 Å². The molecule has 1 aliphatic carbocycles. The van der Waals surface area contributed by atoms with Crippen LogP contribution >= 0.6 is 11.6 Å². The van der Waals surface area contributed by atoms with E-state index in [2.05, 4.69) is 21.7 Å². The minimum Gasteiger partial charge on any atom is -0.378 e. The van der Waals surface area contributed by atoms with Crippen LogP contribution in [-0.4, -0.2) is 27.5 Å². The molecule has 3 rings (SSSR count). The summed E-state index contributed by atoms with van der Waals surface area (Å²) in [6.07, 6.45) is 5.03. The number of halogens is 1. The van der Waals surface area contributed by atoms with Crippen LogP contribution in [0.4, 0.5) is 0 Å². The van der Waals surface area contributed by atoms with Crippen molar-refractivity contribution in [2.45, 2.75) is 51.2 Å². The molecule has 2 unspecified atom stereocenters. The van der Waals surface area contributed by atoms with Crippen LogP contribution in [0.15, 0.2) is 0 Å². The molecule has 1 aromatic heterocycles. The van der Waals surface area contributed by atoms with Gasteiger partial charge in [0.25, 0.3) is 0 Å². The van der Waals surface area contributed by atoms with Gasteiger partial charge in [-0.3, -0.25) is 0 Å². The van der Waals surface area contributed by atoms with E-state index in [1.54, 1.807) is 0 Å². The van der Waals surface area contributed by atoms with Crippen molar-refractivity contribution in [3.63, 3.8) is 0 Å². The zero-order valence-electron chi connectivity index (χ0n) is 10.1. The summed E-state index contributed by atoms with van der Waals surface area (Å²) in [5, 5.41) is 8.75. The second kappa shape index (κ2) is 4.58. The highest BCUT2D eigenvalue weighted by molar-refractivity contribution is 6.28. The molecule has 4 nitrogen and oxygen atoms in total. The zero-order valence-corrected chi connectivity index (χ0v) is 10.9. The topological polar surface area (TPSA) is 39.9 Å². The average Bonchev–Trinajstić information content (AvgIpc) is 2.97. The summed E-state index contributed by atoms with van der Waals surface area (Å²) in [4.78, 5) is 0. The molecule has 2 fully saturated rings. The Labute approximate surface area is 106 Å². The highest BCUT2D eigenvalue weighted by Gasteiger charge is 2.33. The molecular formula is C12H18ClN3O. The Morgan fingerprint density at radius 1 is 1.35 bits per heavy atom. The van der Waals surface area contributed by atoms with Crippen molar-refractivity contribution in [2.24, 2.45) is 5.92 Å². The molecule has 1 saturated heterocycles. The van der Waals surface area contributed by atoms with E-state index in [4.69, 9.17) is 16.3 Å². The third kappa shape index (κ3) is 2.20. The molecule has 0 spiro atoms. The summed E-state index contributed by atoms with van der Waals surface area (Å²) < 4.78 is 7.82. The van der Waals surface area contributed by atoms with E-state index in [9.17, 15) is 0 Å². The van der Waals surface area contributed by atoms with E-state index in [1.165, 1.54) is 12.8 Å². The van der Waals surface area contributed by atoms with Crippen LogP contribution in [0.3, 0.4) is 0 Å². The fourth-order valence-electron chi connectivity index (χ4n) is 2.69. The summed E-state index contributed by atoms with van der Waals surface area (Å²) in [5.41, 5.74) is 0. The first-order valence-corrected chi connectivity index (χ1v) is 6.87. The standard InChI is InChI=1S/C12H18ClN3O/c1-2-10-9(5-6-17-10)7-16-11(8-3-4-8)14-15-12(16)13/h8-10H,2-7H2,1H3. The van der Waals surface area contributed by atoms with Gasteiger partial charge in [-0.05, 0) is 37.3 Å². The lowest BCUT2D eigenvalue weighted by Crippen LogP contribution is -2.21. The molecule has 0 N–H and O–H groups in total. The van der Waals surface area contributed by atoms with Gasteiger partial charge in [-0.25, -0.2) is 0 Å². The number of aromatic nitrogens is 3. The zero-order chi connectivity index (χ0) is 11.8. The van der Waals surface area contributed by atoms with E-state index >= 15 is 0 Å². The van der Waals surface area contributed by atoms with Crippen molar-refractivity contribution in [2.75, 3.05) is 6.61 Å². The van der Waals surface area contributed by atoms with Crippen molar-refractivity contribution in [3.05, 3.63) is 11.1 Å². The lowest BCUT2D eigenvalue weighted by Gasteiger charge is -2.18. The predicted octanol–water partition coefficient (Wildman–Crippen LogP) is 2.62.